The van der Waals surface area contributed by atoms with Crippen LogP contribution in [0.1, 0.15) is 30.4 Å². The summed E-state index contributed by atoms with van der Waals surface area (Å²) in [7, 11) is 0. The van der Waals surface area contributed by atoms with E-state index in [9.17, 15) is 9.90 Å². The van der Waals surface area contributed by atoms with Gasteiger partial charge in [0.05, 0.1) is 11.6 Å². The third-order valence-electron chi connectivity index (χ3n) is 3.37. The Morgan fingerprint density at radius 2 is 2.05 bits per heavy atom. The quantitative estimate of drug-likeness (QED) is 0.923. The highest BCUT2D eigenvalue weighted by Crippen LogP contribution is 2.20. The van der Waals surface area contributed by atoms with Crippen molar-refractivity contribution in [3.63, 3.8) is 0 Å². The molecule has 1 aliphatic heterocycles. The third-order valence-corrected chi connectivity index (χ3v) is 3.37. The number of halogens is 1. The lowest BCUT2D eigenvalue weighted by molar-refractivity contribution is -0.144. The zero-order valence-electron chi connectivity index (χ0n) is 10.6. The van der Waals surface area contributed by atoms with Crippen LogP contribution in [0.4, 0.5) is 0 Å². The van der Waals surface area contributed by atoms with Crippen LogP contribution in [0.2, 0.25) is 0 Å². The molecule has 1 aliphatic rings. The minimum Gasteiger partial charge on any atom is -0.480 e. The number of hydrogen-bond donors (Lipinski definition) is 1. The van der Waals surface area contributed by atoms with Crippen molar-refractivity contribution in [2.24, 2.45) is 0 Å². The van der Waals surface area contributed by atoms with E-state index in [0.717, 1.165) is 31.4 Å². The zero-order chi connectivity index (χ0) is 13.0. The highest BCUT2D eigenvalue weighted by molar-refractivity contribution is 5.85. The molecule has 1 heterocycles. The van der Waals surface area contributed by atoms with Crippen molar-refractivity contribution in [2.45, 2.75) is 31.8 Å². The molecule has 1 aromatic rings. The predicted molar refractivity (Wildman–Crippen MR) is 74.1 cm³/mol. The fourth-order valence-corrected chi connectivity index (χ4v) is 2.38. The third kappa shape index (κ3) is 3.95. The first-order valence-electron chi connectivity index (χ1n) is 6.16. The standard InChI is InChI=1S/C14H16N2O2.ClH/c15-9-11-4-6-12(7-5-11)10-16-8-2-1-3-13(16)14(17)18;/h4-7,13H,1-3,8,10H2,(H,17,18);1H. The zero-order valence-corrected chi connectivity index (χ0v) is 11.4. The van der Waals surface area contributed by atoms with Gasteiger partial charge < -0.3 is 5.11 Å². The Balaban J connectivity index is 0.00000180. The van der Waals surface area contributed by atoms with Crippen molar-refractivity contribution in [1.29, 1.82) is 5.26 Å². The van der Waals surface area contributed by atoms with E-state index in [1.165, 1.54) is 0 Å². The molecule has 0 aliphatic carbocycles. The molecule has 0 bridgehead atoms. The van der Waals surface area contributed by atoms with Gasteiger partial charge in [-0.25, -0.2) is 0 Å². The maximum atomic E-state index is 11.2. The summed E-state index contributed by atoms with van der Waals surface area (Å²) in [5, 5.41) is 17.9. The van der Waals surface area contributed by atoms with Crippen LogP contribution in [0.5, 0.6) is 0 Å². The fraction of sp³-hybridized carbons (Fsp3) is 0.429. The number of aliphatic carboxylic acids is 1. The lowest BCUT2D eigenvalue weighted by Gasteiger charge is -2.32. The van der Waals surface area contributed by atoms with Crippen LogP contribution < -0.4 is 0 Å². The summed E-state index contributed by atoms with van der Waals surface area (Å²) in [5.74, 6) is -0.733. The van der Waals surface area contributed by atoms with E-state index in [4.69, 9.17) is 5.26 Å². The molecule has 1 aromatic carbocycles. The second-order valence-corrected chi connectivity index (χ2v) is 4.63. The molecule has 0 saturated carbocycles. The number of benzene rings is 1. The van der Waals surface area contributed by atoms with Gasteiger partial charge in [0.25, 0.3) is 0 Å². The minimum absolute atomic E-state index is 0. The molecule has 1 fully saturated rings. The number of piperidine rings is 1. The first kappa shape index (κ1) is 15.5. The van der Waals surface area contributed by atoms with Gasteiger partial charge >= 0.3 is 5.97 Å². The highest BCUT2D eigenvalue weighted by atomic mass is 35.5. The fourth-order valence-electron chi connectivity index (χ4n) is 2.38. The lowest BCUT2D eigenvalue weighted by Crippen LogP contribution is -2.43. The molecule has 1 saturated heterocycles. The van der Waals surface area contributed by atoms with Gasteiger partial charge in [-0.2, -0.15) is 5.26 Å². The van der Waals surface area contributed by atoms with Crippen molar-refractivity contribution in [2.75, 3.05) is 6.54 Å². The van der Waals surface area contributed by atoms with Crippen molar-refractivity contribution < 1.29 is 9.90 Å². The molecular formula is C14H17ClN2O2. The molecule has 5 heteroatoms. The van der Waals surface area contributed by atoms with Crippen molar-refractivity contribution in [3.05, 3.63) is 35.4 Å². The first-order valence-corrected chi connectivity index (χ1v) is 6.16. The monoisotopic (exact) mass is 280 g/mol. The van der Waals surface area contributed by atoms with E-state index in [-0.39, 0.29) is 18.4 Å². The molecular weight excluding hydrogens is 264 g/mol. The van der Waals surface area contributed by atoms with E-state index in [1.807, 2.05) is 17.0 Å². The number of rotatable bonds is 3. The van der Waals surface area contributed by atoms with Crippen LogP contribution in [0.3, 0.4) is 0 Å². The van der Waals surface area contributed by atoms with Crippen LogP contribution in [0, 0.1) is 11.3 Å². The van der Waals surface area contributed by atoms with E-state index < -0.39 is 5.97 Å². The van der Waals surface area contributed by atoms with E-state index >= 15 is 0 Å². The second-order valence-electron chi connectivity index (χ2n) is 4.63. The number of carboxylic acid groups (broad SMARTS) is 1. The summed E-state index contributed by atoms with van der Waals surface area (Å²) < 4.78 is 0. The van der Waals surface area contributed by atoms with Gasteiger partial charge in [0.1, 0.15) is 6.04 Å². The van der Waals surface area contributed by atoms with Gasteiger partial charge in [0.2, 0.25) is 0 Å². The predicted octanol–water partition coefficient (Wildman–Crippen LogP) is 2.42. The Bertz CT molecular complexity index is 467. The minimum atomic E-state index is -0.733. The molecule has 0 aromatic heterocycles. The lowest BCUT2D eigenvalue weighted by atomic mass is 10.0. The van der Waals surface area contributed by atoms with Gasteiger partial charge in [0, 0.05) is 6.54 Å². The Kier molecular flexibility index (Phi) is 5.81. The van der Waals surface area contributed by atoms with Crippen LogP contribution in [-0.2, 0) is 11.3 Å². The molecule has 1 atom stereocenters. The number of nitriles is 1. The summed E-state index contributed by atoms with van der Waals surface area (Å²) in [6.45, 7) is 1.47. The summed E-state index contributed by atoms with van der Waals surface area (Å²) in [6, 6.07) is 9.05. The Labute approximate surface area is 119 Å². The van der Waals surface area contributed by atoms with Crippen molar-refractivity contribution in [1.82, 2.24) is 4.90 Å². The first-order chi connectivity index (χ1) is 8.70. The van der Waals surface area contributed by atoms with E-state index in [0.29, 0.717) is 12.1 Å². The Morgan fingerprint density at radius 1 is 1.37 bits per heavy atom. The van der Waals surface area contributed by atoms with Crippen LogP contribution in [0.15, 0.2) is 24.3 Å². The van der Waals surface area contributed by atoms with Gasteiger partial charge in [0.15, 0.2) is 0 Å². The average Bonchev–Trinajstić information content (AvgIpc) is 2.40. The average molecular weight is 281 g/mol. The molecule has 0 spiro atoms. The summed E-state index contributed by atoms with van der Waals surface area (Å²) in [4.78, 5) is 13.2. The topological polar surface area (TPSA) is 64.3 Å². The highest BCUT2D eigenvalue weighted by Gasteiger charge is 2.28. The van der Waals surface area contributed by atoms with E-state index in [2.05, 4.69) is 6.07 Å². The molecule has 102 valence electrons. The maximum absolute atomic E-state index is 11.2. The number of likely N-dealkylation sites (tertiary alicyclic amines) is 1. The summed E-state index contributed by atoms with van der Waals surface area (Å²) in [6.07, 6.45) is 2.77. The SMILES string of the molecule is Cl.N#Cc1ccc(CN2CCCCC2C(=O)O)cc1. The number of carboxylic acids is 1. The molecule has 1 unspecified atom stereocenters. The Morgan fingerprint density at radius 3 is 2.63 bits per heavy atom. The smallest absolute Gasteiger partial charge is 0.320 e. The van der Waals surface area contributed by atoms with Crippen LogP contribution in [-0.4, -0.2) is 28.6 Å². The van der Waals surface area contributed by atoms with Crippen LogP contribution in [0.25, 0.3) is 0 Å². The number of nitrogens with zero attached hydrogens (tertiary/aromatic N) is 2. The summed E-state index contributed by atoms with van der Waals surface area (Å²) in [5.41, 5.74) is 1.69. The second kappa shape index (κ2) is 7.13. The summed E-state index contributed by atoms with van der Waals surface area (Å²) >= 11 is 0. The largest absolute Gasteiger partial charge is 0.480 e. The van der Waals surface area contributed by atoms with Gasteiger partial charge in [-0.15, -0.1) is 12.4 Å². The Hall–Kier alpha value is -1.57. The molecule has 2 rings (SSSR count). The molecule has 19 heavy (non-hydrogen) atoms. The van der Waals surface area contributed by atoms with E-state index in [1.54, 1.807) is 12.1 Å². The van der Waals surface area contributed by atoms with Crippen LogP contribution >= 0.6 is 12.4 Å². The maximum Gasteiger partial charge on any atom is 0.320 e. The molecule has 0 amide bonds. The van der Waals surface area contributed by atoms with Crippen molar-refractivity contribution >= 4 is 18.4 Å². The van der Waals surface area contributed by atoms with Crippen molar-refractivity contribution in [3.8, 4) is 6.07 Å². The normalized spacial score (nSPS) is 19.2. The molecule has 4 nitrogen and oxygen atoms in total. The number of hydrogen-bond acceptors (Lipinski definition) is 3. The van der Waals surface area contributed by atoms with Gasteiger partial charge in [-0.3, -0.25) is 9.69 Å². The number of carbonyl (C=O) groups is 1. The van der Waals surface area contributed by atoms with Gasteiger partial charge in [-0.05, 0) is 37.1 Å². The van der Waals surface area contributed by atoms with Gasteiger partial charge in [-0.1, -0.05) is 18.6 Å². The molecule has 0 radical (unpaired) electrons. The molecule has 1 N–H and O–H groups in total.